The summed E-state index contributed by atoms with van der Waals surface area (Å²) in [5.41, 5.74) is -0.165. The molecule has 1 aliphatic carbocycles. The average molecular weight is 368 g/mol. The van der Waals surface area contributed by atoms with Gasteiger partial charge in [0.05, 0.1) is 11.5 Å². The Morgan fingerprint density at radius 3 is 2.40 bits per heavy atom. The topological polar surface area (TPSA) is 92.3 Å². The van der Waals surface area contributed by atoms with Crippen molar-refractivity contribution >= 4 is 21.7 Å². The summed E-state index contributed by atoms with van der Waals surface area (Å²) in [5, 5.41) is 5.47. The lowest BCUT2D eigenvalue weighted by molar-refractivity contribution is -0.137. The number of rotatable bonds is 6. The molecule has 1 aliphatic heterocycles. The third kappa shape index (κ3) is 4.18. The molecule has 1 heterocycles. The standard InChI is InChI=1S/C17H21FN2O4S/c18-13-3-1-12(2-4-13)5-9-19-15(21)17(7-8-17)16(22)20-14-6-10-25(23,24)11-14/h1-4,14H,5-11H2,(H,19,21)(H,20,22). The minimum Gasteiger partial charge on any atom is -0.355 e. The van der Waals surface area contributed by atoms with E-state index >= 15 is 0 Å². The minimum absolute atomic E-state index is 0.0546. The number of halogens is 1. The van der Waals surface area contributed by atoms with Crippen LogP contribution in [0.2, 0.25) is 0 Å². The summed E-state index contributed by atoms with van der Waals surface area (Å²) < 4.78 is 35.8. The first-order chi connectivity index (χ1) is 11.8. The molecule has 0 aromatic heterocycles. The van der Waals surface area contributed by atoms with E-state index in [9.17, 15) is 22.4 Å². The molecule has 1 aromatic rings. The van der Waals surface area contributed by atoms with Gasteiger partial charge in [0.1, 0.15) is 11.2 Å². The molecule has 0 bridgehead atoms. The van der Waals surface area contributed by atoms with Crippen LogP contribution in [0.1, 0.15) is 24.8 Å². The van der Waals surface area contributed by atoms with E-state index in [0.29, 0.717) is 32.2 Å². The van der Waals surface area contributed by atoms with E-state index in [0.717, 1.165) is 5.56 Å². The van der Waals surface area contributed by atoms with Crippen LogP contribution in [0.4, 0.5) is 4.39 Å². The maximum absolute atomic E-state index is 12.9. The van der Waals surface area contributed by atoms with Crippen molar-refractivity contribution in [3.05, 3.63) is 35.6 Å². The van der Waals surface area contributed by atoms with Crippen LogP contribution in [-0.2, 0) is 25.8 Å². The predicted octanol–water partition coefficient (Wildman–Crippen LogP) is 0.568. The third-order valence-corrected chi connectivity index (χ3v) is 6.57. The SMILES string of the molecule is O=C(NCCc1ccc(F)cc1)C1(C(=O)NC2CCS(=O)(=O)C2)CC1. The molecule has 136 valence electrons. The molecular weight excluding hydrogens is 347 g/mol. The van der Waals surface area contributed by atoms with Crippen molar-refractivity contribution in [1.82, 2.24) is 10.6 Å². The monoisotopic (exact) mass is 368 g/mol. The number of sulfone groups is 1. The van der Waals surface area contributed by atoms with Gasteiger partial charge in [-0.3, -0.25) is 9.59 Å². The zero-order valence-corrected chi connectivity index (χ0v) is 14.6. The highest BCUT2D eigenvalue weighted by molar-refractivity contribution is 7.91. The van der Waals surface area contributed by atoms with Gasteiger partial charge in [0.2, 0.25) is 11.8 Å². The molecule has 2 aliphatic rings. The van der Waals surface area contributed by atoms with Gasteiger partial charge >= 0.3 is 0 Å². The van der Waals surface area contributed by atoms with Gasteiger partial charge in [-0.25, -0.2) is 12.8 Å². The van der Waals surface area contributed by atoms with Crippen LogP contribution < -0.4 is 10.6 Å². The maximum atomic E-state index is 12.9. The van der Waals surface area contributed by atoms with Crippen molar-refractivity contribution in [2.75, 3.05) is 18.1 Å². The van der Waals surface area contributed by atoms with E-state index in [1.807, 2.05) is 0 Å². The maximum Gasteiger partial charge on any atom is 0.235 e. The van der Waals surface area contributed by atoms with Crippen LogP contribution in [-0.4, -0.2) is 44.3 Å². The van der Waals surface area contributed by atoms with Gasteiger partial charge in [-0.15, -0.1) is 0 Å². The summed E-state index contributed by atoms with van der Waals surface area (Å²) in [6.45, 7) is 0.358. The van der Waals surface area contributed by atoms with Gasteiger partial charge in [0.15, 0.2) is 9.84 Å². The van der Waals surface area contributed by atoms with E-state index in [4.69, 9.17) is 0 Å². The van der Waals surface area contributed by atoms with Gasteiger partial charge < -0.3 is 10.6 Å². The minimum atomic E-state index is -3.08. The Morgan fingerprint density at radius 1 is 1.16 bits per heavy atom. The number of nitrogens with one attached hydrogen (secondary N) is 2. The second-order valence-electron chi connectivity index (χ2n) is 6.79. The summed E-state index contributed by atoms with van der Waals surface area (Å²) in [6, 6.07) is 5.64. The second kappa shape index (κ2) is 6.74. The molecule has 1 saturated carbocycles. The highest BCUT2D eigenvalue weighted by Crippen LogP contribution is 2.46. The number of amides is 2. The molecule has 0 radical (unpaired) electrons. The molecule has 3 rings (SSSR count). The molecule has 1 aromatic carbocycles. The molecule has 2 N–H and O–H groups in total. The fourth-order valence-electron chi connectivity index (χ4n) is 3.06. The van der Waals surface area contributed by atoms with Crippen LogP contribution in [0.25, 0.3) is 0 Å². The number of hydrogen-bond acceptors (Lipinski definition) is 4. The summed E-state index contributed by atoms with van der Waals surface area (Å²) in [7, 11) is -3.08. The van der Waals surface area contributed by atoms with Gasteiger partial charge in [0.25, 0.3) is 0 Å². The normalized spacial score (nSPS) is 23.0. The largest absolute Gasteiger partial charge is 0.355 e. The first-order valence-corrected chi connectivity index (χ1v) is 10.2. The lowest BCUT2D eigenvalue weighted by atomic mass is 10.0. The molecule has 1 unspecified atom stereocenters. The van der Waals surface area contributed by atoms with Gasteiger partial charge in [-0.1, -0.05) is 12.1 Å². The van der Waals surface area contributed by atoms with E-state index in [1.165, 1.54) is 12.1 Å². The molecule has 2 amide bonds. The van der Waals surface area contributed by atoms with Crippen LogP contribution in [0.3, 0.4) is 0 Å². The number of benzene rings is 1. The zero-order valence-electron chi connectivity index (χ0n) is 13.8. The first kappa shape index (κ1) is 17.8. The molecule has 2 fully saturated rings. The summed E-state index contributed by atoms with van der Waals surface area (Å²) in [6.07, 6.45) is 1.89. The van der Waals surface area contributed by atoms with Crippen molar-refractivity contribution in [3.63, 3.8) is 0 Å². The average Bonchev–Trinajstić information content (AvgIpc) is 3.30. The van der Waals surface area contributed by atoms with Crippen LogP contribution >= 0.6 is 0 Å². The van der Waals surface area contributed by atoms with E-state index < -0.39 is 21.3 Å². The Bertz CT molecular complexity index is 772. The van der Waals surface area contributed by atoms with Crippen LogP contribution in [0.5, 0.6) is 0 Å². The molecule has 1 atom stereocenters. The van der Waals surface area contributed by atoms with Crippen molar-refractivity contribution in [3.8, 4) is 0 Å². The highest BCUT2D eigenvalue weighted by Gasteiger charge is 2.56. The van der Waals surface area contributed by atoms with Gasteiger partial charge in [0, 0.05) is 12.6 Å². The molecule has 6 nitrogen and oxygen atoms in total. The zero-order chi connectivity index (χ0) is 18.1. The predicted molar refractivity (Wildman–Crippen MR) is 90.0 cm³/mol. The lowest BCUT2D eigenvalue weighted by Gasteiger charge is -2.18. The Balaban J connectivity index is 1.49. The molecule has 1 saturated heterocycles. The highest BCUT2D eigenvalue weighted by atomic mass is 32.2. The Hall–Kier alpha value is -1.96. The smallest absolute Gasteiger partial charge is 0.235 e. The fraction of sp³-hybridized carbons (Fsp3) is 0.529. The quantitative estimate of drug-likeness (QED) is 0.718. The van der Waals surface area contributed by atoms with Gasteiger partial charge in [-0.2, -0.15) is 0 Å². The number of carbonyl (C=O) groups excluding carboxylic acids is 2. The molecule has 8 heteroatoms. The lowest BCUT2D eigenvalue weighted by Crippen LogP contribution is -2.47. The Labute approximate surface area is 146 Å². The van der Waals surface area contributed by atoms with E-state index in [2.05, 4.69) is 10.6 Å². The summed E-state index contributed by atoms with van der Waals surface area (Å²) in [5.74, 6) is -0.993. The van der Waals surface area contributed by atoms with Crippen molar-refractivity contribution < 1.29 is 22.4 Å². The third-order valence-electron chi connectivity index (χ3n) is 4.80. The fourth-order valence-corrected chi connectivity index (χ4v) is 4.73. The van der Waals surface area contributed by atoms with Crippen LogP contribution in [0, 0.1) is 11.2 Å². The second-order valence-corrected chi connectivity index (χ2v) is 9.02. The molecule has 0 spiro atoms. The van der Waals surface area contributed by atoms with Crippen LogP contribution in [0.15, 0.2) is 24.3 Å². The van der Waals surface area contributed by atoms with Crippen molar-refractivity contribution in [1.29, 1.82) is 0 Å². The van der Waals surface area contributed by atoms with Crippen molar-refractivity contribution in [2.45, 2.75) is 31.7 Å². The Morgan fingerprint density at radius 2 is 1.84 bits per heavy atom. The molecular formula is C17H21FN2O4S. The number of carbonyl (C=O) groups is 2. The van der Waals surface area contributed by atoms with E-state index in [-0.39, 0.29) is 29.1 Å². The number of hydrogen-bond donors (Lipinski definition) is 2. The first-order valence-electron chi connectivity index (χ1n) is 8.35. The Kier molecular flexibility index (Phi) is 4.81. The van der Waals surface area contributed by atoms with E-state index in [1.54, 1.807) is 12.1 Å². The summed E-state index contributed by atoms with van der Waals surface area (Å²) in [4.78, 5) is 24.8. The molecule has 25 heavy (non-hydrogen) atoms. The van der Waals surface area contributed by atoms with Gasteiger partial charge in [-0.05, 0) is 43.4 Å². The summed E-state index contributed by atoms with van der Waals surface area (Å²) >= 11 is 0. The van der Waals surface area contributed by atoms with Crippen molar-refractivity contribution in [2.24, 2.45) is 5.41 Å².